The van der Waals surface area contributed by atoms with Crippen molar-refractivity contribution in [2.45, 2.75) is 11.8 Å². The molecular weight excluding hydrogens is 443 g/mol. The second-order valence-electron chi connectivity index (χ2n) is 6.52. The van der Waals surface area contributed by atoms with Gasteiger partial charge in [-0.3, -0.25) is 9.52 Å². The number of carbonyl (C=O) groups is 1. The Morgan fingerprint density at radius 1 is 0.867 bits per heavy atom. The summed E-state index contributed by atoms with van der Waals surface area (Å²) in [4.78, 5) is 12.1. The van der Waals surface area contributed by atoms with Crippen molar-refractivity contribution in [3.63, 3.8) is 0 Å². The Bertz CT molecular complexity index is 1170. The Morgan fingerprint density at radius 3 is 2.07 bits per heavy atom. The summed E-state index contributed by atoms with van der Waals surface area (Å²) >= 11 is 11.8. The van der Waals surface area contributed by atoms with E-state index in [1.165, 1.54) is 48.5 Å². The predicted molar refractivity (Wildman–Crippen MR) is 123 cm³/mol. The summed E-state index contributed by atoms with van der Waals surface area (Å²) in [5.41, 5.74) is 2.77. The van der Waals surface area contributed by atoms with Crippen LogP contribution in [0.25, 0.3) is 6.08 Å². The quantitative estimate of drug-likeness (QED) is 0.459. The van der Waals surface area contributed by atoms with E-state index in [0.29, 0.717) is 15.7 Å². The zero-order valence-corrected chi connectivity index (χ0v) is 18.2. The molecule has 0 aliphatic carbocycles. The van der Waals surface area contributed by atoms with E-state index in [-0.39, 0.29) is 16.5 Å². The van der Waals surface area contributed by atoms with Gasteiger partial charge in [0.2, 0.25) is 5.91 Å². The minimum atomic E-state index is -3.84. The molecule has 8 heteroatoms. The van der Waals surface area contributed by atoms with E-state index in [9.17, 15) is 13.2 Å². The Labute approximate surface area is 185 Å². The molecule has 0 radical (unpaired) electrons. The first-order chi connectivity index (χ1) is 14.2. The van der Waals surface area contributed by atoms with Crippen LogP contribution in [0.5, 0.6) is 0 Å². The monoisotopic (exact) mass is 460 g/mol. The van der Waals surface area contributed by atoms with Gasteiger partial charge in [-0.05, 0) is 61.0 Å². The molecular formula is C22H18Cl2N2O3S. The summed E-state index contributed by atoms with van der Waals surface area (Å²) in [5.74, 6) is -0.321. The largest absolute Gasteiger partial charge is 0.323 e. The van der Waals surface area contributed by atoms with Gasteiger partial charge in [0.1, 0.15) is 0 Å². The number of nitrogens with one attached hydrogen (secondary N) is 2. The summed E-state index contributed by atoms with van der Waals surface area (Å²) < 4.78 is 27.5. The molecule has 0 aromatic heterocycles. The van der Waals surface area contributed by atoms with Crippen LogP contribution in [0.4, 0.5) is 11.4 Å². The molecule has 0 saturated heterocycles. The van der Waals surface area contributed by atoms with E-state index in [2.05, 4.69) is 10.0 Å². The zero-order chi connectivity index (χ0) is 21.7. The van der Waals surface area contributed by atoms with Crippen LogP contribution in [0.15, 0.2) is 77.7 Å². The van der Waals surface area contributed by atoms with Crippen molar-refractivity contribution in [2.75, 3.05) is 10.0 Å². The molecule has 5 nitrogen and oxygen atoms in total. The van der Waals surface area contributed by atoms with E-state index in [1.54, 1.807) is 6.08 Å². The van der Waals surface area contributed by atoms with Crippen LogP contribution in [-0.4, -0.2) is 14.3 Å². The number of sulfonamides is 1. The van der Waals surface area contributed by atoms with E-state index < -0.39 is 10.0 Å². The lowest BCUT2D eigenvalue weighted by Crippen LogP contribution is -2.13. The lowest BCUT2D eigenvalue weighted by atomic mass is 10.1. The van der Waals surface area contributed by atoms with Crippen LogP contribution in [0.1, 0.15) is 11.1 Å². The van der Waals surface area contributed by atoms with Crippen molar-refractivity contribution in [1.29, 1.82) is 0 Å². The molecule has 0 aliphatic heterocycles. The highest BCUT2D eigenvalue weighted by Gasteiger charge is 2.15. The number of hydrogen-bond acceptors (Lipinski definition) is 3. The number of carbonyl (C=O) groups excluding carboxylic acids is 1. The molecule has 0 unspecified atom stereocenters. The molecule has 2 N–H and O–H groups in total. The fourth-order valence-corrected chi connectivity index (χ4v) is 4.14. The minimum Gasteiger partial charge on any atom is -0.323 e. The SMILES string of the molecule is Cc1ccc(/C=C/C(=O)Nc2ccc(S(=O)(=O)Nc3cc(Cl)cc(Cl)c3)cc2)cc1. The van der Waals surface area contributed by atoms with Crippen LogP contribution in [0, 0.1) is 6.92 Å². The van der Waals surface area contributed by atoms with Gasteiger partial charge in [0, 0.05) is 21.8 Å². The van der Waals surface area contributed by atoms with Crippen LogP contribution in [0.3, 0.4) is 0 Å². The summed E-state index contributed by atoms with van der Waals surface area (Å²) in [6, 6.07) is 18.0. The van der Waals surface area contributed by atoms with Gasteiger partial charge < -0.3 is 5.32 Å². The topological polar surface area (TPSA) is 75.3 Å². The summed E-state index contributed by atoms with van der Waals surface area (Å²) in [6.07, 6.45) is 3.12. The van der Waals surface area contributed by atoms with Gasteiger partial charge in [0.15, 0.2) is 0 Å². The lowest BCUT2D eigenvalue weighted by Gasteiger charge is -2.10. The van der Waals surface area contributed by atoms with E-state index >= 15 is 0 Å². The fourth-order valence-electron chi connectivity index (χ4n) is 2.58. The maximum absolute atomic E-state index is 12.5. The van der Waals surface area contributed by atoms with Crippen LogP contribution in [0.2, 0.25) is 10.0 Å². The molecule has 0 saturated carbocycles. The third-order valence-electron chi connectivity index (χ3n) is 4.05. The molecule has 3 aromatic rings. The van der Waals surface area contributed by atoms with Gasteiger partial charge in [0.05, 0.1) is 10.6 Å². The third-order valence-corrected chi connectivity index (χ3v) is 5.89. The Balaban J connectivity index is 1.66. The maximum atomic E-state index is 12.5. The molecule has 3 rings (SSSR count). The van der Waals surface area contributed by atoms with E-state index in [1.807, 2.05) is 31.2 Å². The predicted octanol–water partition coefficient (Wildman–Crippen LogP) is 5.75. The molecule has 3 aromatic carbocycles. The van der Waals surface area contributed by atoms with Gasteiger partial charge in [-0.2, -0.15) is 0 Å². The van der Waals surface area contributed by atoms with Crippen molar-refractivity contribution in [2.24, 2.45) is 0 Å². The van der Waals surface area contributed by atoms with Gasteiger partial charge in [-0.15, -0.1) is 0 Å². The maximum Gasteiger partial charge on any atom is 0.261 e. The average molecular weight is 461 g/mol. The summed E-state index contributed by atoms with van der Waals surface area (Å²) in [7, 11) is -3.84. The minimum absolute atomic E-state index is 0.0341. The number of rotatable bonds is 6. The highest BCUT2D eigenvalue weighted by molar-refractivity contribution is 7.92. The second kappa shape index (κ2) is 9.34. The molecule has 30 heavy (non-hydrogen) atoms. The molecule has 0 bridgehead atoms. The number of aryl methyl sites for hydroxylation is 1. The smallest absolute Gasteiger partial charge is 0.261 e. The summed E-state index contributed by atoms with van der Waals surface area (Å²) in [5, 5.41) is 3.32. The molecule has 0 spiro atoms. The highest BCUT2D eigenvalue weighted by atomic mass is 35.5. The second-order valence-corrected chi connectivity index (χ2v) is 9.08. The van der Waals surface area contributed by atoms with E-state index in [0.717, 1.165) is 11.1 Å². The molecule has 0 aliphatic rings. The first-order valence-corrected chi connectivity index (χ1v) is 11.1. The van der Waals surface area contributed by atoms with E-state index in [4.69, 9.17) is 23.2 Å². The molecule has 1 amide bonds. The van der Waals surface area contributed by atoms with Crippen molar-refractivity contribution in [1.82, 2.24) is 0 Å². The number of halogens is 2. The number of amides is 1. The Hall–Kier alpha value is -2.80. The van der Waals surface area contributed by atoms with Crippen LogP contribution >= 0.6 is 23.2 Å². The first kappa shape index (κ1) is 21.9. The molecule has 0 heterocycles. The summed E-state index contributed by atoms with van der Waals surface area (Å²) in [6.45, 7) is 1.99. The van der Waals surface area contributed by atoms with Crippen molar-refractivity contribution < 1.29 is 13.2 Å². The number of benzene rings is 3. The molecule has 154 valence electrons. The Morgan fingerprint density at radius 2 is 1.47 bits per heavy atom. The molecule has 0 atom stereocenters. The van der Waals surface area contributed by atoms with Gasteiger partial charge in [-0.25, -0.2) is 8.42 Å². The zero-order valence-electron chi connectivity index (χ0n) is 15.9. The highest BCUT2D eigenvalue weighted by Crippen LogP contribution is 2.25. The first-order valence-electron chi connectivity index (χ1n) is 8.86. The molecule has 0 fully saturated rings. The van der Waals surface area contributed by atoms with Gasteiger partial charge >= 0.3 is 0 Å². The fraction of sp³-hybridized carbons (Fsp3) is 0.0455. The van der Waals surface area contributed by atoms with Crippen molar-refractivity contribution in [3.8, 4) is 0 Å². The average Bonchev–Trinajstić information content (AvgIpc) is 2.67. The Kier molecular flexibility index (Phi) is 6.82. The third kappa shape index (κ3) is 6.10. The van der Waals surface area contributed by atoms with Crippen molar-refractivity contribution in [3.05, 3.63) is 94.0 Å². The normalized spacial score (nSPS) is 11.4. The van der Waals surface area contributed by atoms with Crippen LogP contribution < -0.4 is 10.0 Å². The van der Waals surface area contributed by atoms with Crippen molar-refractivity contribution >= 4 is 56.6 Å². The lowest BCUT2D eigenvalue weighted by molar-refractivity contribution is -0.111. The standard InChI is InChI=1S/C22H18Cl2N2O3S/c1-15-2-4-16(5-3-15)6-11-22(27)25-19-7-9-21(10-8-19)30(28,29)26-20-13-17(23)12-18(24)14-20/h2-14,26H,1H3,(H,25,27)/b11-6+. The number of hydrogen-bond donors (Lipinski definition) is 2. The number of anilines is 2. The van der Waals surface area contributed by atoms with Gasteiger partial charge in [-0.1, -0.05) is 53.0 Å². The van der Waals surface area contributed by atoms with Crippen LogP contribution in [-0.2, 0) is 14.8 Å². The van der Waals surface area contributed by atoms with Gasteiger partial charge in [0.25, 0.3) is 10.0 Å².